The maximum atomic E-state index is 6.60. The van der Waals surface area contributed by atoms with Gasteiger partial charge < -0.3 is 5.73 Å². The van der Waals surface area contributed by atoms with E-state index in [2.05, 4.69) is 12.0 Å². The van der Waals surface area contributed by atoms with Crippen LogP contribution in [0.25, 0.3) is 0 Å². The SMILES string of the molecule is CCC1CCCC(N)(Cc2c(Cl)c(C)nn2C)C1. The van der Waals surface area contributed by atoms with Crippen LogP contribution in [-0.4, -0.2) is 15.3 Å². The lowest BCUT2D eigenvalue weighted by molar-refractivity contribution is 0.216. The molecular formula is C14H24ClN3. The van der Waals surface area contributed by atoms with Crippen LogP contribution in [0.5, 0.6) is 0 Å². The predicted molar refractivity (Wildman–Crippen MR) is 75.8 cm³/mol. The molecule has 2 rings (SSSR count). The summed E-state index contributed by atoms with van der Waals surface area (Å²) in [7, 11) is 1.96. The van der Waals surface area contributed by atoms with Crippen LogP contribution in [0.15, 0.2) is 0 Å². The highest BCUT2D eigenvalue weighted by molar-refractivity contribution is 6.31. The number of hydrogen-bond donors (Lipinski definition) is 1. The second kappa shape index (κ2) is 5.22. The van der Waals surface area contributed by atoms with Crippen LogP contribution in [0.4, 0.5) is 0 Å². The van der Waals surface area contributed by atoms with Crippen molar-refractivity contribution in [1.82, 2.24) is 9.78 Å². The molecule has 0 bridgehead atoms. The molecule has 1 aliphatic carbocycles. The minimum atomic E-state index is -0.0944. The first kappa shape index (κ1) is 13.9. The zero-order valence-electron chi connectivity index (χ0n) is 11.7. The van der Waals surface area contributed by atoms with Gasteiger partial charge in [0.2, 0.25) is 0 Å². The molecule has 2 N–H and O–H groups in total. The Labute approximate surface area is 115 Å². The molecule has 1 saturated carbocycles. The number of aromatic nitrogens is 2. The van der Waals surface area contributed by atoms with Crippen LogP contribution in [0, 0.1) is 12.8 Å². The zero-order chi connectivity index (χ0) is 13.3. The van der Waals surface area contributed by atoms with Gasteiger partial charge in [0.05, 0.1) is 16.4 Å². The normalized spacial score (nSPS) is 28.6. The van der Waals surface area contributed by atoms with E-state index in [0.29, 0.717) is 0 Å². The third kappa shape index (κ3) is 2.72. The number of nitrogens with zero attached hydrogens (tertiary/aromatic N) is 2. The van der Waals surface area contributed by atoms with Crippen molar-refractivity contribution in [3.8, 4) is 0 Å². The minimum Gasteiger partial charge on any atom is -0.325 e. The molecule has 0 spiro atoms. The first-order valence-electron chi connectivity index (χ1n) is 6.92. The topological polar surface area (TPSA) is 43.8 Å². The molecule has 1 fully saturated rings. The van der Waals surface area contributed by atoms with Gasteiger partial charge >= 0.3 is 0 Å². The van der Waals surface area contributed by atoms with Crippen LogP contribution < -0.4 is 5.73 Å². The van der Waals surface area contributed by atoms with E-state index in [1.807, 2.05) is 18.7 Å². The summed E-state index contributed by atoms with van der Waals surface area (Å²) in [5.41, 5.74) is 8.50. The van der Waals surface area contributed by atoms with Crippen molar-refractivity contribution in [2.24, 2.45) is 18.7 Å². The van der Waals surface area contributed by atoms with Gasteiger partial charge in [-0.3, -0.25) is 4.68 Å². The number of aryl methyl sites for hydroxylation is 2. The molecule has 0 aliphatic heterocycles. The minimum absolute atomic E-state index is 0.0944. The van der Waals surface area contributed by atoms with Crippen molar-refractivity contribution in [3.05, 3.63) is 16.4 Å². The lowest BCUT2D eigenvalue weighted by atomic mass is 9.73. The van der Waals surface area contributed by atoms with Crippen LogP contribution in [0.2, 0.25) is 5.02 Å². The molecule has 2 atom stereocenters. The average molecular weight is 270 g/mol. The van der Waals surface area contributed by atoms with Gasteiger partial charge in [0.25, 0.3) is 0 Å². The fourth-order valence-electron chi connectivity index (χ4n) is 3.24. The third-order valence-electron chi connectivity index (χ3n) is 4.34. The van der Waals surface area contributed by atoms with E-state index < -0.39 is 0 Å². The lowest BCUT2D eigenvalue weighted by Crippen LogP contribution is -2.46. The Morgan fingerprint density at radius 3 is 2.83 bits per heavy atom. The van der Waals surface area contributed by atoms with Gasteiger partial charge in [-0.05, 0) is 25.7 Å². The summed E-state index contributed by atoms with van der Waals surface area (Å²) in [6, 6.07) is 0. The Balaban J connectivity index is 2.16. The lowest BCUT2D eigenvalue weighted by Gasteiger charge is -2.38. The fraction of sp³-hybridized carbons (Fsp3) is 0.786. The van der Waals surface area contributed by atoms with Gasteiger partial charge in [0.15, 0.2) is 0 Å². The van der Waals surface area contributed by atoms with Gasteiger partial charge in [-0.15, -0.1) is 0 Å². The first-order chi connectivity index (χ1) is 8.45. The standard InChI is InChI=1S/C14H24ClN3/c1-4-11-6-5-7-14(16,8-11)9-12-13(15)10(2)17-18(12)3/h11H,4-9,16H2,1-3H3. The average Bonchev–Trinajstić information content (AvgIpc) is 2.56. The zero-order valence-corrected chi connectivity index (χ0v) is 12.4. The smallest absolute Gasteiger partial charge is 0.0847 e. The Hall–Kier alpha value is -0.540. The molecule has 1 aliphatic rings. The van der Waals surface area contributed by atoms with Gasteiger partial charge in [-0.25, -0.2) is 0 Å². The van der Waals surface area contributed by atoms with E-state index in [0.717, 1.165) is 41.6 Å². The molecule has 0 radical (unpaired) electrons. The quantitative estimate of drug-likeness (QED) is 0.916. The van der Waals surface area contributed by atoms with Crippen molar-refractivity contribution in [1.29, 1.82) is 0 Å². The monoisotopic (exact) mass is 269 g/mol. The van der Waals surface area contributed by atoms with Crippen LogP contribution in [0.3, 0.4) is 0 Å². The van der Waals surface area contributed by atoms with E-state index in [9.17, 15) is 0 Å². The van der Waals surface area contributed by atoms with E-state index in [-0.39, 0.29) is 5.54 Å². The van der Waals surface area contributed by atoms with Crippen molar-refractivity contribution >= 4 is 11.6 Å². The summed E-state index contributed by atoms with van der Waals surface area (Å²) < 4.78 is 1.89. The molecule has 1 aromatic heterocycles. The van der Waals surface area contributed by atoms with E-state index in [1.54, 1.807) is 0 Å². The maximum absolute atomic E-state index is 6.60. The second-order valence-corrected chi connectivity index (χ2v) is 6.26. The summed E-state index contributed by atoms with van der Waals surface area (Å²) in [5.74, 6) is 0.775. The highest BCUT2D eigenvalue weighted by Gasteiger charge is 2.33. The van der Waals surface area contributed by atoms with Crippen molar-refractivity contribution in [2.45, 2.75) is 57.9 Å². The Kier molecular flexibility index (Phi) is 4.02. The van der Waals surface area contributed by atoms with Crippen LogP contribution >= 0.6 is 11.6 Å². The van der Waals surface area contributed by atoms with Crippen molar-refractivity contribution in [2.75, 3.05) is 0 Å². The second-order valence-electron chi connectivity index (χ2n) is 5.88. The van der Waals surface area contributed by atoms with Gasteiger partial charge in [0, 0.05) is 19.0 Å². The predicted octanol–water partition coefficient (Wildman–Crippen LogP) is 3.22. The summed E-state index contributed by atoms with van der Waals surface area (Å²) >= 11 is 6.33. The molecule has 0 amide bonds. The highest BCUT2D eigenvalue weighted by Crippen LogP contribution is 2.36. The Morgan fingerprint density at radius 1 is 1.56 bits per heavy atom. The Bertz CT molecular complexity index is 427. The van der Waals surface area contributed by atoms with E-state index in [1.165, 1.54) is 19.3 Å². The highest BCUT2D eigenvalue weighted by atomic mass is 35.5. The van der Waals surface area contributed by atoms with Crippen molar-refractivity contribution in [3.63, 3.8) is 0 Å². The largest absolute Gasteiger partial charge is 0.325 e. The van der Waals surface area contributed by atoms with Crippen LogP contribution in [-0.2, 0) is 13.5 Å². The third-order valence-corrected chi connectivity index (χ3v) is 4.83. The van der Waals surface area contributed by atoms with Crippen molar-refractivity contribution < 1.29 is 0 Å². The molecule has 102 valence electrons. The maximum Gasteiger partial charge on any atom is 0.0847 e. The molecule has 0 saturated heterocycles. The van der Waals surface area contributed by atoms with E-state index in [4.69, 9.17) is 17.3 Å². The van der Waals surface area contributed by atoms with Gasteiger partial charge in [0.1, 0.15) is 0 Å². The molecule has 3 nitrogen and oxygen atoms in total. The van der Waals surface area contributed by atoms with Gasteiger partial charge in [-0.1, -0.05) is 37.8 Å². The molecule has 4 heteroatoms. The fourth-order valence-corrected chi connectivity index (χ4v) is 3.46. The number of rotatable bonds is 3. The molecule has 0 aromatic carbocycles. The molecular weight excluding hydrogens is 246 g/mol. The van der Waals surface area contributed by atoms with Crippen LogP contribution in [0.1, 0.15) is 50.4 Å². The summed E-state index contributed by atoms with van der Waals surface area (Å²) in [6.45, 7) is 4.21. The molecule has 18 heavy (non-hydrogen) atoms. The first-order valence-corrected chi connectivity index (χ1v) is 7.30. The summed E-state index contributed by atoms with van der Waals surface area (Å²) in [4.78, 5) is 0. The summed E-state index contributed by atoms with van der Waals surface area (Å²) in [5, 5.41) is 5.17. The molecule has 1 heterocycles. The number of hydrogen-bond acceptors (Lipinski definition) is 2. The Morgan fingerprint density at radius 2 is 2.28 bits per heavy atom. The van der Waals surface area contributed by atoms with Gasteiger partial charge in [-0.2, -0.15) is 5.10 Å². The number of halogens is 1. The molecule has 2 unspecified atom stereocenters. The number of nitrogens with two attached hydrogens (primary N) is 1. The molecule has 1 aromatic rings. The van der Waals surface area contributed by atoms with E-state index >= 15 is 0 Å². The summed E-state index contributed by atoms with van der Waals surface area (Å²) in [6.07, 6.45) is 6.86.